The van der Waals surface area contributed by atoms with E-state index in [2.05, 4.69) is 5.32 Å². The molecule has 1 aromatic carbocycles. The molecule has 1 aromatic rings. The van der Waals surface area contributed by atoms with Crippen molar-refractivity contribution in [1.82, 2.24) is 4.90 Å². The van der Waals surface area contributed by atoms with Gasteiger partial charge < -0.3 is 11.1 Å². The van der Waals surface area contributed by atoms with Crippen molar-refractivity contribution in [1.29, 1.82) is 0 Å². The van der Waals surface area contributed by atoms with Crippen molar-refractivity contribution < 1.29 is 9.72 Å². The minimum atomic E-state index is -0.579. The number of nitro benzene ring substituents is 1. The Morgan fingerprint density at radius 3 is 2.76 bits per heavy atom. The first kappa shape index (κ1) is 15.7. The second-order valence-corrected chi connectivity index (χ2v) is 5.49. The zero-order valence-corrected chi connectivity index (χ0v) is 12.2. The lowest BCUT2D eigenvalue weighted by atomic mass is 10.1. The Kier molecular flexibility index (Phi) is 5.11. The first-order chi connectivity index (χ1) is 9.95. The molecule has 0 bridgehead atoms. The van der Waals surface area contributed by atoms with Crippen molar-refractivity contribution in [3.8, 4) is 0 Å². The van der Waals surface area contributed by atoms with Gasteiger partial charge in [0.05, 0.1) is 11.5 Å². The fourth-order valence-corrected chi connectivity index (χ4v) is 2.43. The van der Waals surface area contributed by atoms with Crippen LogP contribution in [0.15, 0.2) is 18.2 Å². The molecular weight excluding hydrogens is 296 g/mol. The van der Waals surface area contributed by atoms with E-state index in [-0.39, 0.29) is 29.2 Å². The van der Waals surface area contributed by atoms with Crippen LogP contribution in [-0.4, -0.2) is 41.4 Å². The number of nitro groups is 1. The summed E-state index contributed by atoms with van der Waals surface area (Å²) in [7, 11) is 0. The van der Waals surface area contributed by atoms with Crippen molar-refractivity contribution in [2.45, 2.75) is 18.9 Å². The van der Waals surface area contributed by atoms with Gasteiger partial charge in [0.15, 0.2) is 0 Å². The van der Waals surface area contributed by atoms with Crippen LogP contribution in [-0.2, 0) is 4.79 Å². The summed E-state index contributed by atoms with van der Waals surface area (Å²) in [6, 6.07) is 4.41. The van der Waals surface area contributed by atoms with Crippen LogP contribution in [0.1, 0.15) is 12.8 Å². The summed E-state index contributed by atoms with van der Waals surface area (Å²) in [5.41, 5.74) is 5.95. The molecule has 1 fully saturated rings. The number of anilines is 1. The van der Waals surface area contributed by atoms with Crippen LogP contribution in [0, 0.1) is 10.1 Å². The van der Waals surface area contributed by atoms with Crippen LogP contribution >= 0.6 is 11.6 Å². The van der Waals surface area contributed by atoms with Crippen LogP contribution in [0.4, 0.5) is 11.4 Å². The van der Waals surface area contributed by atoms with Gasteiger partial charge in [-0.05, 0) is 25.0 Å². The molecule has 1 aliphatic heterocycles. The van der Waals surface area contributed by atoms with E-state index in [1.54, 1.807) is 6.07 Å². The Hall–Kier alpha value is -1.70. The highest BCUT2D eigenvalue weighted by Crippen LogP contribution is 2.27. The lowest BCUT2D eigenvalue weighted by Crippen LogP contribution is -2.43. The van der Waals surface area contributed by atoms with Crippen LogP contribution in [0.3, 0.4) is 0 Å². The molecule has 0 spiro atoms. The third kappa shape index (κ3) is 4.38. The predicted molar refractivity (Wildman–Crippen MR) is 80.4 cm³/mol. The van der Waals surface area contributed by atoms with Crippen molar-refractivity contribution in [3.63, 3.8) is 0 Å². The topological polar surface area (TPSA) is 102 Å². The van der Waals surface area contributed by atoms with E-state index in [4.69, 9.17) is 17.3 Å². The Morgan fingerprint density at radius 1 is 1.48 bits per heavy atom. The molecule has 3 N–H and O–H groups in total. The number of nitrogens with two attached hydrogens (primary N) is 1. The molecule has 0 aromatic heterocycles. The number of benzene rings is 1. The molecule has 0 saturated carbocycles. The molecule has 0 unspecified atom stereocenters. The zero-order valence-electron chi connectivity index (χ0n) is 11.4. The first-order valence-electron chi connectivity index (χ1n) is 6.67. The van der Waals surface area contributed by atoms with Crippen molar-refractivity contribution in [2.75, 3.05) is 25.0 Å². The molecule has 21 heavy (non-hydrogen) atoms. The van der Waals surface area contributed by atoms with E-state index in [9.17, 15) is 14.9 Å². The fourth-order valence-electron chi connectivity index (χ4n) is 2.24. The van der Waals surface area contributed by atoms with Gasteiger partial charge in [0.2, 0.25) is 5.91 Å². The van der Waals surface area contributed by atoms with E-state index >= 15 is 0 Å². The van der Waals surface area contributed by atoms with Gasteiger partial charge in [-0.1, -0.05) is 11.6 Å². The van der Waals surface area contributed by atoms with Crippen LogP contribution < -0.4 is 11.1 Å². The largest absolute Gasteiger partial charge is 0.328 e. The van der Waals surface area contributed by atoms with Crippen molar-refractivity contribution >= 4 is 28.9 Å². The van der Waals surface area contributed by atoms with E-state index in [1.165, 1.54) is 12.1 Å². The fraction of sp³-hybridized carbons (Fsp3) is 0.462. The van der Waals surface area contributed by atoms with E-state index in [0.717, 1.165) is 25.9 Å². The number of halogens is 1. The first-order valence-corrected chi connectivity index (χ1v) is 7.05. The molecule has 8 heteroatoms. The zero-order chi connectivity index (χ0) is 15.4. The second-order valence-electron chi connectivity index (χ2n) is 5.09. The lowest BCUT2D eigenvalue weighted by molar-refractivity contribution is -0.384. The summed E-state index contributed by atoms with van der Waals surface area (Å²) >= 11 is 5.72. The average molecular weight is 313 g/mol. The molecule has 7 nitrogen and oxygen atoms in total. The van der Waals surface area contributed by atoms with Crippen molar-refractivity contribution in [3.05, 3.63) is 33.3 Å². The summed E-state index contributed by atoms with van der Waals surface area (Å²) in [5.74, 6) is -0.206. The highest BCUT2D eigenvalue weighted by molar-refractivity contribution is 6.32. The minimum Gasteiger partial charge on any atom is -0.328 e. The third-order valence-corrected chi connectivity index (χ3v) is 3.75. The number of likely N-dealkylation sites (tertiary alicyclic amines) is 1. The van der Waals surface area contributed by atoms with Gasteiger partial charge >= 0.3 is 0 Å². The normalized spacial score (nSPS) is 16.7. The highest BCUT2D eigenvalue weighted by Gasteiger charge is 2.19. The van der Waals surface area contributed by atoms with E-state index < -0.39 is 4.92 Å². The maximum absolute atomic E-state index is 11.9. The van der Waals surface area contributed by atoms with Gasteiger partial charge in [-0.3, -0.25) is 19.8 Å². The van der Waals surface area contributed by atoms with Gasteiger partial charge in [-0.15, -0.1) is 0 Å². The van der Waals surface area contributed by atoms with Gasteiger partial charge in [-0.2, -0.15) is 0 Å². The molecule has 0 atom stereocenters. The maximum atomic E-state index is 11.9. The average Bonchev–Trinajstić information content (AvgIpc) is 2.43. The number of carbonyl (C=O) groups is 1. The molecule has 1 aliphatic rings. The van der Waals surface area contributed by atoms with Crippen LogP contribution in [0.2, 0.25) is 5.02 Å². The number of nitrogens with one attached hydrogen (secondary N) is 1. The molecule has 1 saturated heterocycles. The molecule has 0 aliphatic carbocycles. The maximum Gasteiger partial charge on any atom is 0.289 e. The molecule has 0 radical (unpaired) electrons. The highest BCUT2D eigenvalue weighted by atomic mass is 35.5. The number of hydrogen-bond acceptors (Lipinski definition) is 5. The Morgan fingerprint density at radius 2 is 2.14 bits per heavy atom. The summed E-state index contributed by atoms with van der Waals surface area (Å²) in [6.07, 6.45) is 1.75. The summed E-state index contributed by atoms with van der Waals surface area (Å²) in [6.45, 7) is 1.83. The van der Waals surface area contributed by atoms with Gasteiger partial charge in [0.25, 0.3) is 5.69 Å². The quantitative estimate of drug-likeness (QED) is 0.649. The van der Waals surface area contributed by atoms with E-state index in [0.29, 0.717) is 5.69 Å². The summed E-state index contributed by atoms with van der Waals surface area (Å²) in [5, 5.41) is 13.5. The van der Waals surface area contributed by atoms with Gasteiger partial charge in [0, 0.05) is 30.9 Å². The third-order valence-electron chi connectivity index (χ3n) is 3.43. The number of nitrogens with zero attached hydrogens (tertiary/aromatic N) is 2. The van der Waals surface area contributed by atoms with Gasteiger partial charge in [0.1, 0.15) is 5.02 Å². The van der Waals surface area contributed by atoms with Gasteiger partial charge in [-0.25, -0.2) is 0 Å². The minimum absolute atomic E-state index is 0.0445. The van der Waals surface area contributed by atoms with Crippen LogP contribution in [0.25, 0.3) is 0 Å². The number of carbonyl (C=O) groups excluding carboxylic acids is 1. The number of amides is 1. The van der Waals surface area contributed by atoms with Crippen molar-refractivity contribution in [2.24, 2.45) is 5.73 Å². The Labute approximate surface area is 127 Å². The Balaban J connectivity index is 1.93. The Bertz CT molecular complexity index is 544. The predicted octanol–water partition coefficient (Wildman–Crippen LogP) is 1.61. The molecule has 1 heterocycles. The molecule has 2 rings (SSSR count). The second kappa shape index (κ2) is 6.84. The molecule has 114 valence electrons. The van der Waals surface area contributed by atoms with E-state index in [1.807, 2.05) is 4.90 Å². The lowest BCUT2D eigenvalue weighted by Gasteiger charge is -2.29. The van der Waals surface area contributed by atoms with Crippen LogP contribution in [0.5, 0.6) is 0 Å². The molecule has 1 amide bonds. The monoisotopic (exact) mass is 312 g/mol. The standard InChI is InChI=1S/C13H17ClN4O3/c14-11-2-1-10(7-12(11)18(20)21)16-13(19)8-17-5-3-9(15)4-6-17/h1-2,7,9H,3-6,8,15H2,(H,16,19). The number of rotatable bonds is 4. The SMILES string of the molecule is NC1CCN(CC(=O)Nc2ccc(Cl)c([N+](=O)[O-])c2)CC1. The smallest absolute Gasteiger partial charge is 0.289 e. The number of hydrogen-bond donors (Lipinski definition) is 2. The number of piperidine rings is 1. The molecular formula is C13H17ClN4O3. The summed E-state index contributed by atoms with van der Waals surface area (Å²) in [4.78, 5) is 24.2. The summed E-state index contributed by atoms with van der Waals surface area (Å²) < 4.78 is 0.